The molecule has 3 nitrogen and oxygen atoms in total. The van der Waals surface area contributed by atoms with Crippen LogP contribution >= 0.6 is 11.6 Å². The third-order valence-electron chi connectivity index (χ3n) is 4.09. The first-order valence-electron chi connectivity index (χ1n) is 7.82. The lowest BCUT2D eigenvalue weighted by Gasteiger charge is -2.27. The molecule has 0 saturated heterocycles. The molecule has 6 heteroatoms. The summed E-state index contributed by atoms with van der Waals surface area (Å²) in [7, 11) is 0. The van der Waals surface area contributed by atoms with Gasteiger partial charge in [-0.3, -0.25) is 4.79 Å². The van der Waals surface area contributed by atoms with Crippen molar-refractivity contribution in [3.05, 3.63) is 64.7 Å². The lowest BCUT2D eigenvalue weighted by atomic mass is 9.83. The molecule has 0 aliphatic heterocycles. The fraction of sp³-hybridized carbons (Fsp3) is 0.316. The van der Waals surface area contributed by atoms with Gasteiger partial charge in [-0.1, -0.05) is 35.9 Å². The highest BCUT2D eigenvalue weighted by molar-refractivity contribution is 6.30. The third kappa shape index (κ3) is 4.92. The molecule has 1 atom stereocenters. The summed E-state index contributed by atoms with van der Waals surface area (Å²) in [4.78, 5) is 12.7. The van der Waals surface area contributed by atoms with Gasteiger partial charge < -0.3 is 10.1 Å². The van der Waals surface area contributed by atoms with Crippen molar-refractivity contribution in [2.75, 3.05) is 0 Å². The number of rotatable bonds is 6. The summed E-state index contributed by atoms with van der Waals surface area (Å²) in [6.45, 7) is 2.64. The number of hydrogen-bond acceptors (Lipinski definition) is 2. The molecule has 0 aromatic heterocycles. The van der Waals surface area contributed by atoms with Gasteiger partial charge in [-0.05, 0) is 56.2 Å². The number of ether oxygens (including phenoxy) is 1. The van der Waals surface area contributed by atoms with Crippen molar-refractivity contribution >= 4 is 17.5 Å². The fourth-order valence-electron chi connectivity index (χ4n) is 2.40. The van der Waals surface area contributed by atoms with Crippen molar-refractivity contribution in [1.82, 2.24) is 5.32 Å². The molecule has 0 heterocycles. The van der Waals surface area contributed by atoms with E-state index in [2.05, 4.69) is 10.1 Å². The smallest absolute Gasteiger partial charge is 0.387 e. The van der Waals surface area contributed by atoms with E-state index in [0.717, 1.165) is 11.1 Å². The molecule has 0 radical (unpaired) electrons. The van der Waals surface area contributed by atoms with Gasteiger partial charge >= 0.3 is 6.61 Å². The fourth-order valence-corrected chi connectivity index (χ4v) is 2.52. The summed E-state index contributed by atoms with van der Waals surface area (Å²) in [6.07, 6.45) is 0. The van der Waals surface area contributed by atoms with E-state index in [0.29, 0.717) is 5.02 Å². The molecule has 1 amide bonds. The Bertz CT molecular complexity index is 715. The Morgan fingerprint density at radius 2 is 1.64 bits per heavy atom. The highest BCUT2D eigenvalue weighted by Gasteiger charge is 2.30. The predicted molar refractivity (Wildman–Crippen MR) is 94.1 cm³/mol. The van der Waals surface area contributed by atoms with Crippen molar-refractivity contribution in [3.63, 3.8) is 0 Å². The van der Waals surface area contributed by atoms with Crippen LogP contribution in [0.5, 0.6) is 5.75 Å². The number of hydrogen-bond donors (Lipinski definition) is 1. The van der Waals surface area contributed by atoms with E-state index < -0.39 is 12.0 Å². The second-order valence-electron chi connectivity index (χ2n) is 6.27. The summed E-state index contributed by atoms with van der Waals surface area (Å²) >= 11 is 5.89. The Morgan fingerprint density at radius 1 is 1.08 bits per heavy atom. The minimum absolute atomic E-state index is 0.0822. The number of amides is 1. The van der Waals surface area contributed by atoms with Gasteiger partial charge in [0.2, 0.25) is 5.91 Å². The SMILES string of the molecule is CC(NC(=O)C(C)(C)c1ccc(Cl)cc1)c1ccc(OC(F)F)cc1. The van der Waals surface area contributed by atoms with E-state index in [1.54, 1.807) is 24.3 Å². The Hall–Kier alpha value is -2.14. The van der Waals surface area contributed by atoms with Crippen LogP contribution in [0.25, 0.3) is 0 Å². The first-order chi connectivity index (χ1) is 11.7. The molecule has 1 unspecified atom stereocenters. The van der Waals surface area contributed by atoms with Crippen molar-refractivity contribution in [2.45, 2.75) is 38.8 Å². The molecule has 0 aliphatic carbocycles. The third-order valence-corrected chi connectivity index (χ3v) is 4.34. The zero-order valence-corrected chi connectivity index (χ0v) is 15.0. The van der Waals surface area contributed by atoms with E-state index in [1.807, 2.05) is 32.9 Å². The summed E-state index contributed by atoms with van der Waals surface area (Å²) in [5, 5.41) is 3.56. The summed E-state index contributed by atoms with van der Waals surface area (Å²) in [5.41, 5.74) is 0.904. The average Bonchev–Trinajstić information content (AvgIpc) is 2.55. The molecule has 1 N–H and O–H groups in total. The predicted octanol–water partition coefficient (Wildman–Crippen LogP) is 5.10. The van der Waals surface area contributed by atoms with Gasteiger partial charge in [0.15, 0.2) is 0 Å². The van der Waals surface area contributed by atoms with Crippen LogP contribution in [0.4, 0.5) is 8.78 Å². The minimum Gasteiger partial charge on any atom is -0.435 e. The molecule has 2 rings (SSSR count). The molecule has 25 heavy (non-hydrogen) atoms. The van der Waals surface area contributed by atoms with E-state index >= 15 is 0 Å². The van der Waals surface area contributed by atoms with Crippen LogP contribution in [-0.4, -0.2) is 12.5 Å². The van der Waals surface area contributed by atoms with Gasteiger partial charge in [0.25, 0.3) is 0 Å². The van der Waals surface area contributed by atoms with Gasteiger partial charge in [-0.2, -0.15) is 8.78 Å². The number of carbonyl (C=O) groups excluding carboxylic acids is 1. The minimum atomic E-state index is -2.86. The highest BCUT2D eigenvalue weighted by Crippen LogP contribution is 2.26. The second-order valence-corrected chi connectivity index (χ2v) is 6.71. The lowest BCUT2D eigenvalue weighted by Crippen LogP contribution is -2.41. The van der Waals surface area contributed by atoms with Crippen LogP contribution in [0.15, 0.2) is 48.5 Å². The van der Waals surface area contributed by atoms with Gasteiger partial charge in [-0.15, -0.1) is 0 Å². The zero-order chi connectivity index (χ0) is 18.6. The second kappa shape index (κ2) is 7.83. The number of benzene rings is 2. The molecule has 0 saturated carbocycles. The van der Waals surface area contributed by atoms with Crippen molar-refractivity contribution in [3.8, 4) is 5.75 Å². The average molecular weight is 368 g/mol. The first-order valence-corrected chi connectivity index (χ1v) is 8.19. The van der Waals surface area contributed by atoms with Gasteiger partial charge in [0.05, 0.1) is 11.5 Å². The Labute approximate surface area is 151 Å². The van der Waals surface area contributed by atoms with Crippen molar-refractivity contribution < 1.29 is 18.3 Å². The summed E-state index contributed by atoms with van der Waals surface area (Å²) in [6, 6.07) is 13.1. The van der Waals surface area contributed by atoms with Gasteiger partial charge in [0.1, 0.15) is 5.75 Å². The molecule has 0 spiro atoms. The summed E-state index contributed by atoms with van der Waals surface area (Å²) < 4.78 is 28.7. The molecule has 2 aromatic carbocycles. The van der Waals surface area contributed by atoms with Crippen LogP contribution in [0.1, 0.15) is 37.9 Å². The maximum atomic E-state index is 12.7. The topological polar surface area (TPSA) is 38.3 Å². The van der Waals surface area contributed by atoms with Crippen molar-refractivity contribution in [2.24, 2.45) is 0 Å². The van der Waals surface area contributed by atoms with E-state index in [4.69, 9.17) is 11.6 Å². The zero-order valence-electron chi connectivity index (χ0n) is 14.2. The monoisotopic (exact) mass is 367 g/mol. The standard InChI is InChI=1S/C19H20ClF2NO2/c1-12(13-4-10-16(11-5-13)25-18(21)22)23-17(24)19(2,3)14-6-8-15(20)9-7-14/h4-12,18H,1-3H3,(H,23,24). The van der Waals surface area contributed by atoms with Crippen LogP contribution in [0, 0.1) is 0 Å². The van der Waals surface area contributed by atoms with Crippen LogP contribution in [0.3, 0.4) is 0 Å². The largest absolute Gasteiger partial charge is 0.435 e. The molecular weight excluding hydrogens is 348 g/mol. The van der Waals surface area contributed by atoms with E-state index in [1.165, 1.54) is 12.1 Å². The van der Waals surface area contributed by atoms with Gasteiger partial charge in [0, 0.05) is 5.02 Å². The molecular formula is C19H20ClF2NO2. The Morgan fingerprint density at radius 3 is 2.16 bits per heavy atom. The normalized spacial score (nSPS) is 12.8. The molecule has 0 fully saturated rings. The number of halogens is 3. The number of nitrogens with one attached hydrogen (secondary N) is 1. The summed E-state index contributed by atoms with van der Waals surface area (Å²) in [5.74, 6) is -0.0611. The molecule has 0 aliphatic rings. The lowest BCUT2D eigenvalue weighted by molar-refractivity contribution is -0.126. The molecule has 0 bridgehead atoms. The maximum absolute atomic E-state index is 12.7. The molecule has 134 valence electrons. The quantitative estimate of drug-likeness (QED) is 0.771. The van der Waals surface area contributed by atoms with Crippen LogP contribution in [-0.2, 0) is 10.2 Å². The van der Waals surface area contributed by atoms with Gasteiger partial charge in [-0.25, -0.2) is 0 Å². The van der Waals surface area contributed by atoms with E-state index in [-0.39, 0.29) is 17.7 Å². The number of alkyl halides is 2. The Kier molecular flexibility index (Phi) is 6.01. The van der Waals surface area contributed by atoms with E-state index in [9.17, 15) is 13.6 Å². The number of carbonyl (C=O) groups is 1. The highest BCUT2D eigenvalue weighted by atomic mass is 35.5. The Balaban J connectivity index is 2.07. The first kappa shape index (κ1) is 19.2. The van der Waals surface area contributed by atoms with Crippen LogP contribution in [0.2, 0.25) is 5.02 Å². The maximum Gasteiger partial charge on any atom is 0.387 e. The van der Waals surface area contributed by atoms with Crippen molar-refractivity contribution in [1.29, 1.82) is 0 Å². The molecule has 2 aromatic rings. The van der Waals surface area contributed by atoms with Crippen LogP contribution < -0.4 is 10.1 Å².